The molecule has 0 unspecified atom stereocenters. The van der Waals surface area contributed by atoms with E-state index in [1.54, 1.807) is 0 Å². The van der Waals surface area contributed by atoms with Crippen LogP contribution in [-0.4, -0.2) is 36.4 Å². The maximum absolute atomic E-state index is 14.5. The number of rotatable bonds is 7. The van der Waals surface area contributed by atoms with Gasteiger partial charge in [-0.25, -0.2) is 3.63 Å². The van der Waals surface area contributed by atoms with E-state index in [2.05, 4.69) is 0 Å². The molecule has 2 rings (SSSR count). The molecule has 14 heteroatoms. The maximum atomic E-state index is 14.5. The minimum Gasteiger partial charge on any atom is -0.206 e. The van der Waals surface area contributed by atoms with Crippen LogP contribution in [0.25, 0.3) is 0 Å². The Morgan fingerprint density at radius 2 is 0.971 bits per heavy atom. The Morgan fingerprint density at radius 1 is 0.618 bits per heavy atom. The zero-order valence-corrected chi connectivity index (χ0v) is 19.3. The maximum Gasteiger partial charge on any atom is 0.460 e. The zero-order valence-electron chi connectivity index (χ0n) is 17.7. The van der Waals surface area contributed by atoms with Gasteiger partial charge in [-0.1, -0.05) is 46.7 Å². The summed E-state index contributed by atoms with van der Waals surface area (Å²) >= 11 is 0. The largest absolute Gasteiger partial charge is 0.460 e. The van der Waals surface area contributed by atoms with Crippen molar-refractivity contribution in [3.05, 3.63) is 60.7 Å². The quantitative estimate of drug-likeness (QED) is 0.343. The Balaban J connectivity index is 2.84. The molecule has 0 aliphatic carbocycles. The van der Waals surface area contributed by atoms with E-state index in [1.807, 2.05) is 0 Å². The van der Waals surface area contributed by atoms with Crippen molar-refractivity contribution in [2.45, 2.75) is 58.6 Å². The van der Waals surface area contributed by atoms with E-state index in [4.69, 9.17) is 3.63 Å². The molecule has 2 aromatic rings. The molecule has 0 saturated heterocycles. The molecule has 0 saturated carbocycles. The molecule has 0 aliphatic rings. The van der Waals surface area contributed by atoms with Crippen LogP contribution >= 0.6 is 10.3 Å². The lowest BCUT2D eigenvalue weighted by atomic mass is 10.1. The minimum atomic E-state index is -7.40. The number of halogens is 9. The monoisotopic (exact) mass is 542 g/mol. The summed E-state index contributed by atoms with van der Waals surface area (Å²) in [6.45, 7) is 3.95. The standard InChI is InChI=1S/C20H19F9O3S2/c1-16(2,3)33(14-10-6-4-7-11-14,15-12-8-5-9-13-15)32-34(30,31)20(28,29)18(23,24)17(21,22)19(25,26)27/h4-13H,1-3H3. The van der Waals surface area contributed by atoms with Crippen molar-refractivity contribution in [1.82, 2.24) is 0 Å². The first-order valence-corrected chi connectivity index (χ1v) is 12.2. The van der Waals surface area contributed by atoms with Crippen LogP contribution in [0.3, 0.4) is 0 Å². The SMILES string of the molecule is CC(C)(C)S(OS(=O)(=O)C(F)(F)C(F)(F)C(F)(F)C(F)(F)F)(c1ccccc1)c1ccccc1. The van der Waals surface area contributed by atoms with Gasteiger partial charge in [-0.05, 0) is 45.0 Å². The molecule has 0 amide bonds. The van der Waals surface area contributed by atoms with Crippen LogP contribution in [0.4, 0.5) is 39.5 Å². The fraction of sp³-hybridized carbons (Fsp3) is 0.400. The summed E-state index contributed by atoms with van der Waals surface area (Å²) in [5.41, 5.74) is 0. The van der Waals surface area contributed by atoms with Crippen molar-refractivity contribution in [2.24, 2.45) is 0 Å². The predicted octanol–water partition coefficient (Wildman–Crippen LogP) is 7.39. The van der Waals surface area contributed by atoms with E-state index < -0.39 is 48.5 Å². The second-order valence-corrected chi connectivity index (χ2v) is 13.2. The van der Waals surface area contributed by atoms with E-state index in [0.29, 0.717) is 0 Å². The molecule has 2 aromatic carbocycles. The second-order valence-electron chi connectivity index (χ2n) is 7.98. The van der Waals surface area contributed by atoms with E-state index in [1.165, 1.54) is 81.4 Å². The highest BCUT2D eigenvalue weighted by atomic mass is 32.3. The fourth-order valence-electron chi connectivity index (χ4n) is 2.94. The van der Waals surface area contributed by atoms with Crippen molar-refractivity contribution < 1.29 is 51.6 Å². The third-order valence-electron chi connectivity index (χ3n) is 4.63. The van der Waals surface area contributed by atoms with Crippen LogP contribution in [0.1, 0.15) is 20.8 Å². The van der Waals surface area contributed by atoms with E-state index >= 15 is 0 Å². The third-order valence-corrected chi connectivity index (χ3v) is 10.6. The summed E-state index contributed by atoms with van der Waals surface area (Å²) in [6.07, 6.45) is -7.18. The summed E-state index contributed by atoms with van der Waals surface area (Å²) in [5.74, 6) is -14.8. The number of benzene rings is 2. The average molecular weight is 542 g/mol. The zero-order chi connectivity index (χ0) is 26.4. The summed E-state index contributed by atoms with van der Waals surface area (Å²) in [6, 6.07) is 13.3. The average Bonchev–Trinajstić information content (AvgIpc) is 2.71. The molecule has 0 bridgehead atoms. The van der Waals surface area contributed by atoms with E-state index in [-0.39, 0.29) is 9.79 Å². The van der Waals surface area contributed by atoms with Crippen molar-refractivity contribution >= 4 is 20.4 Å². The molecule has 0 atom stereocenters. The third kappa shape index (κ3) is 4.28. The van der Waals surface area contributed by atoms with Gasteiger partial charge in [0.25, 0.3) is 0 Å². The van der Waals surface area contributed by atoms with Gasteiger partial charge in [0.15, 0.2) is 0 Å². The Morgan fingerprint density at radius 3 is 1.26 bits per heavy atom. The van der Waals surface area contributed by atoms with Gasteiger partial charge in [-0.3, -0.25) is 0 Å². The predicted molar refractivity (Wildman–Crippen MR) is 108 cm³/mol. The second kappa shape index (κ2) is 8.63. The molecule has 0 aromatic heterocycles. The highest BCUT2D eigenvalue weighted by molar-refractivity contribution is 8.34. The van der Waals surface area contributed by atoms with E-state index in [9.17, 15) is 47.9 Å². The van der Waals surface area contributed by atoms with Gasteiger partial charge in [-0.2, -0.15) is 47.9 Å². The normalized spacial score (nSPS) is 15.3. The molecule has 192 valence electrons. The Hall–Kier alpha value is -1.93. The topological polar surface area (TPSA) is 43.4 Å². The van der Waals surface area contributed by atoms with Gasteiger partial charge in [0.2, 0.25) is 0 Å². The van der Waals surface area contributed by atoms with Crippen LogP contribution < -0.4 is 0 Å². The van der Waals surface area contributed by atoms with Gasteiger partial charge < -0.3 is 0 Å². The molecular formula is C20H19F9O3S2. The summed E-state index contributed by atoms with van der Waals surface area (Å²) in [4.78, 5) is -0.169. The molecule has 0 spiro atoms. The van der Waals surface area contributed by atoms with Crippen molar-refractivity contribution in [2.75, 3.05) is 0 Å². The van der Waals surface area contributed by atoms with E-state index in [0.717, 1.165) is 0 Å². The Bertz CT molecular complexity index is 1060. The van der Waals surface area contributed by atoms with Crippen molar-refractivity contribution in [3.8, 4) is 0 Å². The Kier molecular flexibility index (Phi) is 7.18. The fourth-order valence-corrected chi connectivity index (χ4v) is 9.01. The molecule has 0 fully saturated rings. The van der Waals surface area contributed by atoms with Crippen LogP contribution in [0.2, 0.25) is 0 Å². The van der Waals surface area contributed by atoms with Crippen LogP contribution in [-0.2, 0) is 13.7 Å². The molecule has 0 heterocycles. The van der Waals surface area contributed by atoms with Gasteiger partial charge in [0.05, 0.1) is 0 Å². The minimum absolute atomic E-state index is 0.0843. The van der Waals surface area contributed by atoms with Gasteiger partial charge in [-0.15, -0.1) is 0 Å². The van der Waals surface area contributed by atoms with Crippen LogP contribution in [0.5, 0.6) is 0 Å². The van der Waals surface area contributed by atoms with Crippen LogP contribution in [0.15, 0.2) is 70.5 Å². The van der Waals surface area contributed by atoms with Crippen LogP contribution in [0, 0.1) is 0 Å². The summed E-state index contributed by atoms with van der Waals surface area (Å²) in [5, 5.41) is -6.97. The summed E-state index contributed by atoms with van der Waals surface area (Å²) < 4.78 is 150. The van der Waals surface area contributed by atoms with Crippen molar-refractivity contribution in [3.63, 3.8) is 0 Å². The van der Waals surface area contributed by atoms with Gasteiger partial charge in [0.1, 0.15) is 0 Å². The molecule has 0 radical (unpaired) electrons. The highest BCUT2D eigenvalue weighted by Crippen LogP contribution is 2.73. The van der Waals surface area contributed by atoms with Crippen molar-refractivity contribution in [1.29, 1.82) is 0 Å². The first kappa shape index (κ1) is 28.3. The lowest BCUT2D eigenvalue weighted by molar-refractivity contribution is -0.382. The molecular weight excluding hydrogens is 523 g/mol. The molecule has 0 aliphatic heterocycles. The molecule has 3 nitrogen and oxygen atoms in total. The Labute approximate surface area is 191 Å². The lowest BCUT2D eigenvalue weighted by Crippen LogP contribution is -2.63. The van der Waals surface area contributed by atoms with Gasteiger partial charge in [0, 0.05) is 14.5 Å². The molecule has 34 heavy (non-hydrogen) atoms. The lowest BCUT2D eigenvalue weighted by Gasteiger charge is -2.49. The first-order chi connectivity index (χ1) is 15.2. The number of hydrogen-bond donors (Lipinski definition) is 0. The molecule has 0 N–H and O–H groups in total. The highest BCUT2D eigenvalue weighted by Gasteiger charge is 2.86. The first-order valence-electron chi connectivity index (χ1n) is 9.26. The smallest absolute Gasteiger partial charge is 0.206 e. The number of alkyl halides is 9. The summed E-state index contributed by atoms with van der Waals surface area (Å²) in [7, 11) is -10.9. The van der Waals surface area contributed by atoms with Gasteiger partial charge >= 0.3 is 33.4 Å². The number of hydrogen-bond acceptors (Lipinski definition) is 3.